The van der Waals surface area contributed by atoms with E-state index in [0.717, 1.165) is 0 Å². The summed E-state index contributed by atoms with van der Waals surface area (Å²) < 4.78 is 51.8. The molecule has 1 heterocycles. The average Bonchev–Trinajstić information content (AvgIpc) is 3.25. The van der Waals surface area contributed by atoms with Gasteiger partial charge in [0.25, 0.3) is 11.4 Å². The van der Waals surface area contributed by atoms with Crippen molar-refractivity contribution in [2.24, 2.45) is 22.9 Å². The molecule has 3 N–H and O–H groups in total. The molecule has 2 amide bonds. The first-order chi connectivity index (χ1) is 37.8. The van der Waals surface area contributed by atoms with E-state index >= 15 is 4.79 Å². The third-order valence-electron chi connectivity index (χ3n) is 14.2. The minimum atomic E-state index is -1.82. The molecule has 5 aromatic carbocycles. The number of hydrogen-bond acceptors (Lipinski definition) is 16. The first-order valence-electron chi connectivity index (χ1n) is 25.4. The van der Waals surface area contributed by atoms with Crippen LogP contribution < -0.4 is 29.0 Å². The molecule has 1 aliphatic heterocycles. The number of non-ortho nitro benzene ring substituents is 2. The number of halogens is 1. The molecule has 0 saturated heterocycles. The van der Waals surface area contributed by atoms with E-state index in [1.165, 1.54) is 79.8 Å². The van der Waals surface area contributed by atoms with Crippen LogP contribution in [0.4, 0.5) is 31.0 Å². The van der Waals surface area contributed by atoms with Gasteiger partial charge in [0.15, 0.2) is 0 Å². The van der Waals surface area contributed by atoms with Crippen molar-refractivity contribution in [2.75, 3.05) is 39.4 Å². The summed E-state index contributed by atoms with van der Waals surface area (Å²) in [5.41, 5.74) is 2.70. The van der Waals surface area contributed by atoms with E-state index in [1.54, 1.807) is 54.6 Å². The molecule has 2 aliphatic carbocycles. The van der Waals surface area contributed by atoms with Crippen molar-refractivity contribution in [1.29, 1.82) is 0 Å². The summed E-state index contributed by atoms with van der Waals surface area (Å²) in [6.45, 7) is 3.48. The lowest BCUT2D eigenvalue weighted by Crippen LogP contribution is -2.70. The Bertz CT molecular complexity index is 3010. The average molecular weight is 1070 g/mol. The van der Waals surface area contributed by atoms with E-state index in [0.29, 0.717) is 89.4 Å². The van der Waals surface area contributed by atoms with Crippen LogP contribution in [-0.2, 0) is 22.7 Å². The van der Waals surface area contributed by atoms with Gasteiger partial charge in [0, 0.05) is 68.0 Å². The van der Waals surface area contributed by atoms with Crippen molar-refractivity contribution in [1.82, 2.24) is 4.90 Å². The van der Waals surface area contributed by atoms with Gasteiger partial charge in [0.2, 0.25) is 5.79 Å². The third-order valence-corrected chi connectivity index (χ3v) is 14.2. The Morgan fingerprint density at radius 1 is 0.833 bits per heavy atom. The van der Waals surface area contributed by atoms with E-state index < -0.39 is 51.5 Å². The molecule has 0 spiro atoms. The van der Waals surface area contributed by atoms with Crippen molar-refractivity contribution in [2.45, 2.75) is 75.8 Å². The first kappa shape index (κ1) is 55.8. The second-order valence-corrected chi connectivity index (χ2v) is 18.9. The quantitative estimate of drug-likeness (QED) is 0.0225. The maximum Gasteiger partial charge on any atom is 0.417 e. The fourth-order valence-corrected chi connectivity index (χ4v) is 10.6. The van der Waals surface area contributed by atoms with Crippen LogP contribution in [0, 0.1) is 43.8 Å². The Morgan fingerprint density at radius 2 is 1.49 bits per heavy atom. The highest BCUT2D eigenvalue weighted by molar-refractivity contribution is 6.03. The van der Waals surface area contributed by atoms with Gasteiger partial charge in [-0.1, -0.05) is 42.3 Å². The van der Waals surface area contributed by atoms with Crippen LogP contribution in [0.2, 0.25) is 0 Å². The number of carbonyl (C=O) groups excluding carboxylic acids is 2. The van der Waals surface area contributed by atoms with Crippen molar-refractivity contribution < 1.29 is 67.3 Å². The van der Waals surface area contributed by atoms with Gasteiger partial charge in [0.05, 0.1) is 48.0 Å². The molecule has 0 bridgehead atoms. The molecule has 8 rings (SSSR count). The Labute approximate surface area is 448 Å². The van der Waals surface area contributed by atoms with Gasteiger partial charge >= 0.3 is 12.2 Å². The second-order valence-electron chi connectivity index (χ2n) is 18.9. The van der Waals surface area contributed by atoms with Gasteiger partial charge in [-0.3, -0.25) is 30.4 Å². The van der Waals surface area contributed by atoms with E-state index in [1.807, 2.05) is 0 Å². The van der Waals surface area contributed by atoms with Gasteiger partial charge < -0.3 is 43.5 Å². The summed E-state index contributed by atoms with van der Waals surface area (Å²) >= 11 is 0. The molecule has 0 unspecified atom stereocenters. The maximum atomic E-state index is 15.2. The normalized spacial score (nSPS) is 20.4. The number of aliphatic hydroxyl groups is 2. The number of benzene rings is 5. The van der Waals surface area contributed by atoms with Crippen LogP contribution in [0.1, 0.15) is 67.6 Å². The maximum absolute atomic E-state index is 15.2. The number of nitro groups is 2. The van der Waals surface area contributed by atoms with Crippen LogP contribution in [0.25, 0.3) is 0 Å². The molecule has 20 nitrogen and oxygen atoms in total. The van der Waals surface area contributed by atoms with Gasteiger partial charge in [0.1, 0.15) is 47.2 Å². The van der Waals surface area contributed by atoms with Gasteiger partial charge in [-0.15, -0.1) is 6.58 Å². The molecule has 5 aromatic rings. The summed E-state index contributed by atoms with van der Waals surface area (Å²) in [6, 6.07) is 25.0. The fraction of sp³-hybridized carbons (Fsp3) is 0.351. The van der Waals surface area contributed by atoms with Crippen LogP contribution in [0.3, 0.4) is 0 Å². The number of nitro benzene ring substituents is 2. The SMILES string of the molecule is C=CCO[C@@]12Oc3ccc(OC(=O)Nc4ccc(OC)cc4OC)cc3[C@H]3[C@H](CCCCO)[C@@H](CCCCO)C=C(C(=NOCc4ccc([N+](=O)[O-])cc4)C[C@@H]1N(Cc1ccc(F)cc1)C(=O)Oc1ccc([N+](=O)[O-])cc1)[C@H]32. The van der Waals surface area contributed by atoms with Crippen molar-refractivity contribution >= 4 is 35.0 Å². The standard InChI is InChI=1S/C57H60FN5O15/c1-4-29-74-57-52(61(34-36-11-15-39(58)16-12-36)56(67)77-42-21-19-41(20-22-42)63(70)71)33-49(60-75-35-37-13-17-40(18-14-37)62(68)69)46-30-38(9-5-7-27-64)45(10-6-8-28-65)53(54(46)57)47-31-44(24-26-50(47)78-57)76-55(66)59-48-25-23-43(72-2)32-51(48)73-3/h4,11-26,30-32,38,45,52-54,64-65H,1,5-10,27-29,33-35H2,2-3H3,(H,59,66)/t38-,45+,52-,53+,54+,57+/m0/s1. The largest absolute Gasteiger partial charge is 0.497 e. The Morgan fingerprint density at radius 3 is 2.14 bits per heavy atom. The minimum Gasteiger partial charge on any atom is -0.497 e. The number of unbranched alkanes of at least 4 members (excludes halogenated alkanes) is 2. The number of methoxy groups -OCH3 is 2. The summed E-state index contributed by atoms with van der Waals surface area (Å²) in [4.78, 5) is 58.5. The highest BCUT2D eigenvalue weighted by Gasteiger charge is 2.66. The van der Waals surface area contributed by atoms with Crippen LogP contribution >= 0.6 is 0 Å². The number of nitrogens with one attached hydrogen (secondary N) is 1. The summed E-state index contributed by atoms with van der Waals surface area (Å²) in [5.74, 6) is -2.91. The summed E-state index contributed by atoms with van der Waals surface area (Å²) in [6.07, 6.45) is 5.26. The highest BCUT2D eigenvalue weighted by atomic mass is 19.1. The van der Waals surface area contributed by atoms with Crippen molar-refractivity contribution in [3.8, 4) is 28.7 Å². The molecule has 3 aliphatic rings. The smallest absolute Gasteiger partial charge is 0.417 e. The zero-order valence-electron chi connectivity index (χ0n) is 43.0. The number of aliphatic hydroxyl groups excluding tert-OH is 2. The van der Waals surface area contributed by atoms with Crippen molar-refractivity contribution in [3.63, 3.8) is 0 Å². The molecule has 6 atom stereocenters. The fourth-order valence-electron chi connectivity index (χ4n) is 10.6. The number of carbonyl (C=O) groups is 2. The number of amides is 2. The van der Waals surface area contributed by atoms with Crippen LogP contribution in [-0.4, -0.2) is 88.7 Å². The number of nitrogens with zero attached hydrogens (tertiary/aromatic N) is 4. The van der Waals surface area contributed by atoms with Gasteiger partial charge in [-0.2, -0.15) is 0 Å². The number of hydrogen-bond donors (Lipinski definition) is 3. The number of ether oxygens (including phenoxy) is 6. The molecule has 1 fully saturated rings. The number of oxime groups is 1. The Kier molecular flexibility index (Phi) is 18.3. The third kappa shape index (κ3) is 12.7. The molecule has 21 heteroatoms. The first-order valence-corrected chi connectivity index (χ1v) is 25.4. The summed E-state index contributed by atoms with van der Waals surface area (Å²) in [7, 11) is 2.96. The van der Waals surface area contributed by atoms with E-state index in [-0.39, 0.29) is 74.1 Å². The zero-order valence-corrected chi connectivity index (χ0v) is 43.0. The van der Waals surface area contributed by atoms with Crippen LogP contribution in [0.5, 0.6) is 28.7 Å². The predicted molar refractivity (Wildman–Crippen MR) is 283 cm³/mol. The Balaban J connectivity index is 1.31. The second kappa shape index (κ2) is 25.6. The topological polar surface area (TPSA) is 253 Å². The molecule has 0 aromatic heterocycles. The summed E-state index contributed by atoms with van der Waals surface area (Å²) in [5, 5.41) is 50.8. The molecule has 1 saturated carbocycles. The Hall–Kier alpha value is -8.40. The van der Waals surface area contributed by atoms with E-state index in [2.05, 4.69) is 18.0 Å². The zero-order chi connectivity index (χ0) is 55.3. The lowest BCUT2D eigenvalue weighted by atomic mass is 9.55. The minimum absolute atomic E-state index is 0.0189. The molecule has 78 heavy (non-hydrogen) atoms. The van der Waals surface area contributed by atoms with E-state index in [9.17, 15) is 39.6 Å². The molecular formula is C57H60FN5O15. The molecule has 0 radical (unpaired) electrons. The number of allylic oxidation sites excluding steroid dienone is 1. The number of anilines is 1. The monoisotopic (exact) mass is 1070 g/mol. The van der Waals surface area contributed by atoms with Crippen LogP contribution in [0.15, 0.2) is 139 Å². The number of fused-ring (bicyclic) bond motifs is 2. The highest BCUT2D eigenvalue weighted by Crippen LogP contribution is 2.62. The molecule has 410 valence electrons. The lowest BCUT2D eigenvalue weighted by molar-refractivity contribution is -0.385. The predicted octanol–water partition coefficient (Wildman–Crippen LogP) is 10.8. The molecular weight excluding hydrogens is 1010 g/mol. The van der Waals surface area contributed by atoms with Gasteiger partial charge in [-0.25, -0.2) is 14.0 Å². The van der Waals surface area contributed by atoms with Crippen molar-refractivity contribution in [3.05, 3.63) is 176 Å². The van der Waals surface area contributed by atoms with E-state index in [4.69, 9.17) is 38.4 Å². The number of rotatable bonds is 24. The van der Waals surface area contributed by atoms with Gasteiger partial charge in [-0.05, 0) is 121 Å². The lowest BCUT2D eigenvalue weighted by Gasteiger charge is -2.59.